The molecule has 1 fully saturated rings. The predicted octanol–water partition coefficient (Wildman–Crippen LogP) is 1.48. The summed E-state index contributed by atoms with van der Waals surface area (Å²) in [7, 11) is 0. The maximum atomic E-state index is 5.78. The Bertz CT molecular complexity index is 480. The summed E-state index contributed by atoms with van der Waals surface area (Å²) < 4.78 is 11.5. The van der Waals surface area contributed by atoms with Gasteiger partial charge in [-0.1, -0.05) is 11.8 Å². The zero-order chi connectivity index (χ0) is 15.1. The molecule has 114 valence electrons. The van der Waals surface area contributed by atoms with Crippen LogP contribution in [0.15, 0.2) is 24.3 Å². The van der Waals surface area contributed by atoms with E-state index < -0.39 is 0 Å². The molecule has 1 saturated heterocycles. The largest absolute Gasteiger partial charge is 0.492 e. The van der Waals surface area contributed by atoms with Gasteiger partial charge in [0.15, 0.2) is 0 Å². The lowest BCUT2D eigenvalue weighted by atomic mass is 10.2. The standard InChI is InChI=1S/C17H24N2O2/c1-14-12-19(13-15(2)21-14)10-11-20-17-7-5-16(6-8-17)4-3-9-18/h5-8,14-15H,9-13,18H2,1-2H3/t14-,15+. The molecule has 0 saturated carbocycles. The number of hydrogen-bond donors (Lipinski definition) is 1. The van der Waals surface area contributed by atoms with Gasteiger partial charge < -0.3 is 15.2 Å². The van der Waals surface area contributed by atoms with Crippen molar-refractivity contribution >= 4 is 0 Å². The van der Waals surface area contributed by atoms with Gasteiger partial charge in [0.05, 0.1) is 18.8 Å². The molecule has 1 aromatic carbocycles. The van der Waals surface area contributed by atoms with E-state index in [1.807, 2.05) is 24.3 Å². The van der Waals surface area contributed by atoms with Crippen LogP contribution in [0.5, 0.6) is 5.75 Å². The molecule has 4 nitrogen and oxygen atoms in total. The van der Waals surface area contributed by atoms with Crippen LogP contribution in [0.25, 0.3) is 0 Å². The van der Waals surface area contributed by atoms with Gasteiger partial charge >= 0.3 is 0 Å². The minimum atomic E-state index is 0.300. The van der Waals surface area contributed by atoms with Crippen molar-refractivity contribution in [1.29, 1.82) is 0 Å². The Kier molecular flexibility index (Phi) is 6.06. The van der Waals surface area contributed by atoms with Crippen LogP contribution in [-0.4, -0.2) is 49.9 Å². The first-order valence-corrected chi connectivity index (χ1v) is 7.47. The quantitative estimate of drug-likeness (QED) is 0.853. The normalized spacial score (nSPS) is 22.4. The van der Waals surface area contributed by atoms with Crippen LogP contribution in [0.3, 0.4) is 0 Å². The van der Waals surface area contributed by atoms with E-state index in [-0.39, 0.29) is 0 Å². The highest BCUT2D eigenvalue weighted by Gasteiger charge is 2.21. The van der Waals surface area contributed by atoms with Crippen molar-refractivity contribution in [3.05, 3.63) is 29.8 Å². The molecule has 0 radical (unpaired) electrons. The van der Waals surface area contributed by atoms with Crippen molar-refractivity contribution in [3.63, 3.8) is 0 Å². The van der Waals surface area contributed by atoms with Crippen LogP contribution < -0.4 is 10.5 Å². The molecule has 0 spiro atoms. The number of hydrogen-bond acceptors (Lipinski definition) is 4. The summed E-state index contributed by atoms with van der Waals surface area (Å²) in [5.41, 5.74) is 6.31. The van der Waals surface area contributed by atoms with Crippen LogP contribution in [-0.2, 0) is 4.74 Å². The van der Waals surface area contributed by atoms with E-state index in [1.165, 1.54) is 0 Å². The van der Waals surface area contributed by atoms with E-state index in [0.717, 1.165) is 30.9 Å². The molecule has 4 heteroatoms. The summed E-state index contributed by atoms with van der Waals surface area (Å²) in [6.45, 7) is 8.17. The van der Waals surface area contributed by atoms with Crippen LogP contribution in [0.4, 0.5) is 0 Å². The third kappa shape index (κ3) is 5.39. The molecular weight excluding hydrogens is 264 g/mol. The SMILES string of the molecule is C[C@@H]1CN(CCOc2ccc(C#CCN)cc2)C[C@H](C)O1. The second-order valence-electron chi connectivity index (χ2n) is 5.40. The fourth-order valence-corrected chi connectivity index (χ4v) is 2.55. The first-order chi connectivity index (χ1) is 10.2. The van der Waals surface area contributed by atoms with Crippen molar-refractivity contribution < 1.29 is 9.47 Å². The lowest BCUT2D eigenvalue weighted by Gasteiger charge is -2.35. The maximum Gasteiger partial charge on any atom is 0.119 e. The van der Waals surface area contributed by atoms with E-state index >= 15 is 0 Å². The summed E-state index contributed by atoms with van der Waals surface area (Å²) >= 11 is 0. The van der Waals surface area contributed by atoms with Gasteiger partial charge in [-0.15, -0.1) is 0 Å². The highest BCUT2D eigenvalue weighted by molar-refractivity contribution is 5.38. The predicted molar refractivity (Wildman–Crippen MR) is 84.3 cm³/mol. The van der Waals surface area contributed by atoms with E-state index in [4.69, 9.17) is 15.2 Å². The molecule has 0 aliphatic carbocycles. The second-order valence-corrected chi connectivity index (χ2v) is 5.40. The minimum Gasteiger partial charge on any atom is -0.492 e. The number of benzene rings is 1. The van der Waals surface area contributed by atoms with Gasteiger partial charge in [0, 0.05) is 25.2 Å². The number of morpholine rings is 1. The molecule has 0 bridgehead atoms. The first kappa shape index (κ1) is 15.8. The first-order valence-electron chi connectivity index (χ1n) is 7.47. The summed E-state index contributed by atoms with van der Waals surface area (Å²) in [6.07, 6.45) is 0.600. The zero-order valence-corrected chi connectivity index (χ0v) is 12.8. The zero-order valence-electron chi connectivity index (χ0n) is 12.8. The summed E-state index contributed by atoms with van der Waals surface area (Å²) in [4.78, 5) is 2.39. The summed E-state index contributed by atoms with van der Waals surface area (Å²) in [5, 5.41) is 0. The Morgan fingerprint density at radius 3 is 2.52 bits per heavy atom. The molecule has 21 heavy (non-hydrogen) atoms. The summed E-state index contributed by atoms with van der Waals surface area (Å²) in [5.74, 6) is 6.71. The van der Waals surface area contributed by atoms with Crippen molar-refractivity contribution in [2.45, 2.75) is 26.1 Å². The molecule has 2 rings (SSSR count). The Morgan fingerprint density at radius 2 is 1.90 bits per heavy atom. The van der Waals surface area contributed by atoms with E-state index in [1.54, 1.807) is 0 Å². The Morgan fingerprint density at radius 1 is 1.24 bits per heavy atom. The lowest BCUT2D eigenvalue weighted by Crippen LogP contribution is -2.46. The smallest absolute Gasteiger partial charge is 0.119 e. The molecule has 1 heterocycles. The number of nitrogens with zero attached hydrogens (tertiary/aromatic N) is 1. The Labute approximate surface area is 127 Å². The monoisotopic (exact) mass is 288 g/mol. The van der Waals surface area contributed by atoms with Crippen molar-refractivity contribution in [2.24, 2.45) is 5.73 Å². The molecular formula is C17H24N2O2. The maximum absolute atomic E-state index is 5.78. The molecule has 1 aliphatic rings. The Hall–Kier alpha value is -1.54. The lowest BCUT2D eigenvalue weighted by molar-refractivity contribution is -0.0699. The topological polar surface area (TPSA) is 47.7 Å². The molecule has 1 aliphatic heterocycles. The van der Waals surface area contributed by atoms with Gasteiger partial charge in [-0.3, -0.25) is 4.90 Å². The average Bonchev–Trinajstić information content (AvgIpc) is 2.45. The number of ether oxygens (including phenoxy) is 2. The van der Waals surface area contributed by atoms with Crippen LogP contribution in [0, 0.1) is 11.8 Å². The summed E-state index contributed by atoms with van der Waals surface area (Å²) in [6, 6.07) is 7.81. The number of nitrogens with two attached hydrogens (primary N) is 1. The minimum absolute atomic E-state index is 0.300. The molecule has 2 atom stereocenters. The number of rotatable bonds is 4. The highest BCUT2D eigenvalue weighted by atomic mass is 16.5. The molecule has 1 aromatic rings. The van der Waals surface area contributed by atoms with Crippen molar-refractivity contribution in [2.75, 3.05) is 32.8 Å². The van der Waals surface area contributed by atoms with Gasteiger partial charge in [-0.05, 0) is 38.1 Å². The van der Waals surface area contributed by atoms with Crippen molar-refractivity contribution in [1.82, 2.24) is 4.90 Å². The van der Waals surface area contributed by atoms with Gasteiger partial charge in [-0.2, -0.15) is 0 Å². The highest BCUT2D eigenvalue weighted by Crippen LogP contribution is 2.13. The third-order valence-electron chi connectivity index (χ3n) is 3.36. The van der Waals surface area contributed by atoms with E-state index in [9.17, 15) is 0 Å². The third-order valence-corrected chi connectivity index (χ3v) is 3.36. The molecule has 0 amide bonds. The average molecular weight is 288 g/mol. The fraction of sp³-hybridized carbons (Fsp3) is 0.529. The van der Waals surface area contributed by atoms with Gasteiger partial charge in [0.2, 0.25) is 0 Å². The van der Waals surface area contributed by atoms with Crippen molar-refractivity contribution in [3.8, 4) is 17.6 Å². The van der Waals surface area contributed by atoms with Crippen LogP contribution in [0.2, 0.25) is 0 Å². The van der Waals surface area contributed by atoms with E-state index in [0.29, 0.717) is 25.4 Å². The molecule has 2 N–H and O–H groups in total. The fourth-order valence-electron chi connectivity index (χ4n) is 2.55. The molecule has 0 aromatic heterocycles. The van der Waals surface area contributed by atoms with E-state index in [2.05, 4.69) is 30.6 Å². The molecule has 0 unspecified atom stereocenters. The van der Waals surface area contributed by atoms with Crippen LogP contribution >= 0.6 is 0 Å². The second kappa shape index (κ2) is 8.04. The van der Waals surface area contributed by atoms with Gasteiger partial charge in [0.25, 0.3) is 0 Å². The Balaban J connectivity index is 1.75. The van der Waals surface area contributed by atoms with Gasteiger partial charge in [-0.25, -0.2) is 0 Å². The van der Waals surface area contributed by atoms with Crippen LogP contribution in [0.1, 0.15) is 19.4 Å². The van der Waals surface area contributed by atoms with Gasteiger partial charge in [0.1, 0.15) is 12.4 Å².